The van der Waals surface area contributed by atoms with E-state index in [4.69, 9.17) is 11.6 Å². The number of rotatable bonds is 8. The second-order valence-corrected chi connectivity index (χ2v) is 9.29. The molecule has 3 heterocycles. The first-order valence-corrected chi connectivity index (χ1v) is 12.1. The summed E-state index contributed by atoms with van der Waals surface area (Å²) in [6, 6.07) is 11.4. The van der Waals surface area contributed by atoms with Gasteiger partial charge in [-0.25, -0.2) is 15.0 Å². The number of carbonyl (C=O) groups excluding carboxylic acids is 2. The summed E-state index contributed by atoms with van der Waals surface area (Å²) < 4.78 is 1.57. The van der Waals surface area contributed by atoms with Crippen LogP contribution < -0.4 is 16.1 Å². The van der Waals surface area contributed by atoms with Gasteiger partial charge in [-0.3, -0.25) is 14.3 Å². The molecule has 0 saturated heterocycles. The molecular formula is C24H24ClN7O2S. The van der Waals surface area contributed by atoms with Gasteiger partial charge in [0, 0.05) is 34.9 Å². The number of halogens is 1. The van der Waals surface area contributed by atoms with Crippen molar-refractivity contribution < 1.29 is 9.59 Å². The third kappa shape index (κ3) is 6.23. The van der Waals surface area contributed by atoms with Crippen molar-refractivity contribution in [1.82, 2.24) is 24.9 Å². The fraction of sp³-hybridized carbons (Fsp3) is 0.208. The summed E-state index contributed by atoms with van der Waals surface area (Å²) in [5.41, 5.74) is 6.86. The van der Waals surface area contributed by atoms with E-state index in [1.54, 1.807) is 17.1 Å². The van der Waals surface area contributed by atoms with Crippen molar-refractivity contribution in [3.8, 4) is 22.5 Å². The van der Waals surface area contributed by atoms with Crippen LogP contribution in [0.1, 0.15) is 30.0 Å². The number of nitrogens with one attached hydrogen (secondary N) is 3. The van der Waals surface area contributed by atoms with Gasteiger partial charge in [0.15, 0.2) is 5.13 Å². The van der Waals surface area contributed by atoms with Crippen molar-refractivity contribution in [3.05, 3.63) is 70.7 Å². The van der Waals surface area contributed by atoms with E-state index >= 15 is 0 Å². The van der Waals surface area contributed by atoms with Crippen molar-refractivity contribution in [3.63, 3.8) is 0 Å². The van der Waals surface area contributed by atoms with E-state index in [1.165, 1.54) is 17.4 Å². The summed E-state index contributed by atoms with van der Waals surface area (Å²) in [4.78, 5) is 37.9. The SMILES string of the molecule is Cc1nccc(-c2cccc(-c3csc(NC(=O)CNC(=O)c4cc(Cl)n(NC(C)C)c4)n3)c2)n1. The lowest BCUT2D eigenvalue weighted by Crippen LogP contribution is -2.32. The normalized spacial score (nSPS) is 10.9. The van der Waals surface area contributed by atoms with Gasteiger partial charge in [0.25, 0.3) is 5.91 Å². The largest absolute Gasteiger partial charge is 0.343 e. The summed E-state index contributed by atoms with van der Waals surface area (Å²) in [6.45, 7) is 5.57. The molecule has 2 amide bonds. The fourth-order valence-corrected chi connectivity index (χ4v) is 4.23. The Morgan fingerprint density at radius 3 is 2.63 bits per heavy atom. The summed E-state index contributed by atoms with van der Waals surface area (Å²) in [6.07, 6.45) is 3.31. The van der Waals surface area contributed by atoms with Gasteiger partial charge in [-0.2, -0.15) is 0 Å². The lowest BCUT2D eigenvalue weighted by molar-refractivity contribution is -0.115. The Labute approximate surface area is 211 Å². The molecule has 0 spiro atoms. The minimum absolute atomic E-state index is 0.142. The molecule has 0 radical (unpaired) electrons. The number of aromatic nitrogens is 4. The molecule has 11 heteroatoms. The molecule has 0 unspecified atom stereocenters. The van der Waals surface area contributed by atoms with E-state index in [2.05, 4.69) is 31.0 Å². The summed E-state index contributed by atoms with van der Waals surface area (Å²) in [5, 5.41) is 8.01. The Morgan fingerprint density at radius 1 is 1.11 bits per heavy atom. The minimum atomic E-state index is -0.400. The van der Waals surface area contributed by atoms with Gasteiger partial charge in [0.1, 0.15) is 11.0 Å². The van der Waals surface area contributed by atoms with Crippen LogP contribution in [-0.4, -0.2) is 44.0 Å². The Bertz CT molecular complexity index is 1370. The van der Waals surface area contributed by atoms with Crippen LogP contribution >= 0.6 is 22.9 Å². The van der Waals surface area contributed by atoms with Gasteiger partial charge in [0.2, 0.25) is 5.91 Å². The second kappa shape index (κ2) is 10.7. The first-order chi connectivity index (χ1) is 16.8. The second-order valence-electron chi connectivity index (χ2n) is 8.04. The highest BCUT2D eigenvalue weighted by molar-refractivity contribution is 7.14. The highest BCUT2D eigenvalue weighted by atomic mass is 35.5. The number of nitrogens with zero attached hydrogens (tertiary/aromatic N) is 4. The van der Waals surface area contributed by atoms with Crippen LogP contribution in [0.2, 0.25) is 5.15 Å². The molecule has 0 aliphatic carbocycles. The van der Waals surface area contributed by atoms with Crippen LogP contribution in [0.15, 0.2) is 54.2 Å². The first-order valence-electron chi connectivity index (χ1n) is 10.9. The van der Waals surface area contributed by atoms with E-state index < -0.39 is 5.91 Å². The molecule has 180 valence electrons. The van der Waals surface area contributed by atoms with E-state index in [-0.39, 0.29) is 18.5 Å². The predicted octanol–water partition coefficient (Wildman–Crippen LogP) is 4.35. The monoisotopic (exact) mass is 509 g/mol. The number of carbonyl (C=O) groups is 2. The maximum atomic E-state index is 12.4. The molecule has 0 aliphatic heterocycles. The molecule has 4 aromatic rings. The highest BCUT2D eigenvalue weighted by Gasteiger charge is 2.14. The smallest absolute Gasteiger partial charge is 0.253 e. The number of anilines is 1. The summed E-state index contributed by atoms with van der Waals surface area (Å²) in [7, 11) is 0. The summed E-state index contributed by atoms with van der Waals surface area (Å²) >= 11 is 7.44. The third-order valence-electron chi connectivity index (χ3n) is 4.82. The van der Waals surface area contributed by atoms with Crippen LogP contribution in [0.5, 0.6) is 0 Å². The highest BCUT2D eigenvalue weighted by Crippen LogP contribution is 2.28. The zero-order chi connectivity index (χ0) is 24.9. The summed E-state index contributed by atoms with van der Waals surface area (Å²) in [5.74, 6) is -0.0789. The number of hydrogen-bond donors (Lipinski definition) is 3. The van der Waals surface area contributed by atoms with E-state index in [9.17, 15) is 9.59 Å². The Hall–Kier alpha value is -3.76. The number of aryl methyl sites for hydroxylation is 1. The van der Waals surface area contributed by atoms with Gasteiger partial charge < -0.3 is 16.1 Å². The quantitative estimate of drug-likeness (QED) is 0.325. The standard InChI is InChI=1S/C24H24ClN7O2S/c1-14(2)31-32-12-18(10-21(32)25)23(34)27-11-22(33)30-24-29-20(13-35-24)17-6-4-5-16(9-17)19-7-8-26-15(3)28-19/h4-10,12-14,31H,11H2,1-3H3,(H,27,34)(H,29,30,33). The lowest BCUT2D eigenvalue weighted by atomic mass is 10.1. The van der Waals surface area contributed by atoms with Gasteiger partial charge in [-0.05, 0) is 39.0 Å². The van der Waals surface area contributed by atoms with Crippen LogP contribution in [0, 0.1) is 6.92 Å². The van der Waals surface area contributed by atoms with Gasteiger partial charge in [0.05, 0.1) is 23.5 Å². The van der Waals surface area contributed by atoms with Gasteiger partial charge in [-0.15, -0.1) is 11.3 Å². The van der Waals surface area contributed by atoms with Gasteiger partial charge in [-0.1, -0.05) is 29.8 Å². The van der Waals surface area contributed by atoms with Crippen molar-refractivity contribution in [2.24, 2.45) is 0 Å². The molecule has 3 aromatic heterocycles. The molecule has 1 aromatic carbocycles. The molecule has 0 bridgehead atoms. The number of amides is 2. The molecule has 0 fully saturated rings. The molecular weight excluding hydrogens is 486 g/mol. The van der Waals surface area contributed by atoms with Crippen LogP contribution in [-0.2, 0) is 4.79 Å². The van der Waals surface area contributed by atoms with Crippen LogP contribution in [0.3, 0.4) is 0 Å². The average Bonchev–Trinajstić information content (AvgIpc) is 3.44. The molecule has 0 atom stereocenters. The molecule has 9 nitrogen and oxygen atoms in total. The van der Waals surface area contributed by atoms with E-state index in [0.717, 1.165) is 22.5 Å². The van der Waals surface area contributed by atoms with Crippen molar-refractivity contribution >= 4 is 39.9 Å². The molecule has 4 rings (SSSR count). The Balaban J connectivity index is 1.36. The van der Waals surface area contributed by atoms with Crippen molar-refractivity contribution in [2.45, 2.75) is 26.8 Å². The van der Waals surface area contributed by atoms with Crippen LogP contribution in [0.4, 0.5) is 5.13 Å². The van der Waals surface area contributed by atoms with Gasteiger partial charge >= 0.3 is 0 Å². The average molecular weight is 510 g/mol. The molecule has 3 N–H and O–H groups in total. The minimum Gasteiger partial charge on any atom is -0.343 e. The van der Waals surface area contributed by atoms with Crippen molar-refractivity contribution in [2.75, 3.05) is 17.3 Å². The van der Waals surface area contributed by atoms with Crippen molar-refractivity contribution in [1.29, 1.82) is 0 Å². The maximum Gasteiger partial charge on any atom is 0.253 e. The maximum absolute atomic E-state index is 12.4. The fourth-order valence-electron chi connectivity index (χ4n) is 3.28. The predicted molar refractivity (Wildman–Crippen MR) is 138 cm³/mol. The molecule has 0 saturated carbocycles. The number of thiazole rings is 1. The molecule has 35 heavy (non-hydrogen) atoms. The Morgan fingerprint density at radius 2 is 1.89 bits per heavy atom. The number of benzene rings is 1. The van der Waals surface area contributed by atoms with E-state index in [1.807, 2.05) is 56.5 Å². The zero-order valence-corrected chi connectivity index (χ0v) is 20.9. The zero-order valence-electron chi connectivity index (χ0n) is 19.4. The molecule has 0 aliphatic rings. The van der Waals surface area contributed by atoms with Crippen LogP contribution in [0.25, 0.3) is 22.5 Å². The topological polar surface area (TPSA) is 114 Å². The number of hydrogen-bond acceptors (Lipinski definition) is 7. The Kier molecular flexibility index (Phi) is 7.42. The lowest BCUT2D eigenvalue weighted by Gasteiger charge is -2.11. The van der Waals surface area contributed by atoms with E-state index in [0.29, 0.717) is 21.7 Å². The third-order valence-corrected chi connectivity index (χ3v) is 5.87. The first kappa shape index (κ1) is 24.4.